The number of hydrogen-bond donors (Lipinski definition) is 0. The Kier molecular flexibility index (Phi) is 5.05. The largest absolute Gasteiger partial charge is 0.302 e. The van der Waals surface area contributed by atoms with Crippen LogP contribution in [0.3, 0.4) is 0 Å². The van der Waals surface area contributed by atoms with Crippen LogP contribution in [-0.4, -0.2) is 29.9 Å². The number of likely N-dealkylation sites (tertiary alicyclic amines) is 1. The van der Waals surface area contributed by atoms with E-state index in [9.17, 15) is 0 Å². The molecule has 1 nitrogen and oxygen atoms in total. The summed E-state index contributed by atoms with van der Waals surface area (Å²) in [5.41, 5.74) is 1.46. The highest BCUT2D eigenvalue weighted by atomic mass is 79.9. The van der Waals surface area contributed by atoms with Gasteiger partial charge < -0.3 is 4.90 Å². The molecule has 1 fully saturated rings. The summed E-state index contributed by atoms with van der Waals surface area (Å²) < 4.78 is 0. The summed E-state index contributed by atoms with van der Waals surface area (Å²) in [7, 11) is 0. The van der Waals surface area contributed by atoms with Gasteiger partial charge in [0.05, 0.1) is 0 Å². The molecule has 2 heteroatoms. The highest BCUT2D eigenvalue weighted by molar-refractivity contribution is 9.09. The molecule has 0 amide bonds. The number of hydrogen-bond acceptors (Lipinski definition) is 1. The summed E-state index contributed by atoms with van der Waals surface area (Å²) in [6.07, 6.45) is 2.77. The van der Waals surface area contributed by atoms with Crippen molar-refractivity contribution in [2.45, 2.75) is 25.7 Å². The van der Waals surface area contributed by atoms with Crippen molar-refractivity contribution in [2.75, 3.05) is 25.0 Å². The Morgan fingerprint density at radius 3 is 2.76 bits per heavy atom. The average Bonchev–Trinajstić information content (AvgIpc) is 2.37. The predicted molar refractivity (Wildman–Crippen MR) is 77.8 cm³/mol. The maximum atomic E-state index is 3.67. The van der Waals surface area contributed by atoms with E-state index in [1.165, 1.54) is 38.0 Å². The summed E-state index contributed by atoms with van der Waals surface area (Å²) in [5.74, 6) is 1.50. The third-order valence-electron chi connectivity index (χ3n) is 3.68. The first-order chi connectivity index (χ1) is 8.29. The van der Waals surface area contributed by atoms with Crippen LogP contribution in [0.2, 0.25) is 0 Å². The lowest BCUT2D eigenvalue weighted by Crippen LogP contribution is -2.37. The molecular formula is C15H22BrN. The van der Waals surface area contributed by atoms with Gasteiger partial charge in [-0.25, -0.2) is 0 Å². The summed E-state index contributed by atoms with van der Waals surface area (Å²) in [5, 5.41) is 1.06. The smallest absolute Gasteiger partial charge is 0.0112 e. The van der Waals surface area contributed by atoms with Crippen molar-refractivity contribution >= 4 is 15.9 Å². The Morgan fingerprint density at radius 1 is 1.35 bits per heavy atom. The molecule has 1 aromatic carbocycles. The zero-order valence-corrected chi connectivity index (χ0v) is 12.2. The van der Waals surface area contributed by atoms with E-state index in [1.807, 2.05) is 0 Å². The monoisotopic (exact) mass is 295 g/mol. The minimum absolute atomic E-state index is 0.626. The van der Waals surface area contributed by atoms with Crippen LogP contribution in [-0.2, 0) is 0 Å². The predicted octanol–water partition coefficient (Wildman–Crippen LogP) is 3.90. The average molecular weight is 296 g/mol. The minimum Gasteiger partial charge on any atom is -0.302 e. The summed E-state index contributed by atoms with van der Waals surface area (Å²) in [6.45, 7) is 6.12. The number of piperidine rings is 1. The van der Waals surface area contributed by atoms with Crippen LogP contribution in [0.4, 0.5) is 0 Å². The van der Waals surface area contributed by atoms with Gasteiger partial charge in [-0.3, -0.25) is 0 Å². The number of nitrogens with zero attached hydrogens (tertiary/aromatic N) is 1. The van der Waals surface area contributed by atoms with Gasteiger partial charge in [0.2, 0.25) is 0 Å². The molecule has 2 unspecified atom stereocenters. The molecule has 1 aromatic rings. The quantitative estimate of drug-likeness (QED) is 0.762. The highest BCUT2D eigenvalue weighted by Crippen LogP contribution is 2.23. The van der Waals surface area contributed by atoms with E-state index in [1.54, 1.807) is 0 Å². The molecule has 1 aliphatic rings. The highest BCUT2D eigenvalue weighted by Gasteiger charge is 2.20. The van der Waals surface area contributed by atoms with E-state index in [0.29, 0.717) is 5.92 Å². The van der Waals surface area contributed by atoms with Crippen molar-refractivity contribution < 1.29 is 0 Å². The van der Waals surface area contributed by atoms with Crippen molar-refractivity contribution in [3.63, 3.8) is 0 Å². The second kappa shape index (κ2) is 6.55. The Balaban J connectivity index is 1.95. The number of alkyl halides is 1. The Labute approximate surface area is 113 Å². The molecule has 94 valence electrons. The zero-order valence-electron chi connectivity index (χ0n) is 10.6. The maximum Gasteiger partial charge on any atom is 0.0112 e. The molecule has 2 rings (SSSR count). The van der Waals surface area contributed by atoms with Crippen molar-refractivity contribution in [3.8, 4) is 0 Å². The van der Waals surface area contributed by atoms with Gasteiger partial charge in [0.25, 0.3) is 0 Å². The molecule has 1 saturated heterocycles. The summed E-state index contributed by atoms with van der Waals surface area (Å²) in [4.78, 5) is 2.63. The molecule has 0 bridgehead atoms. The fourth-order valence-electron chi connectivity index (χ4n) is 2.73. The second-order valence-electron chi connectivity index (χ2n) is 5.27. The third-order valence-corrected chi connectivity index (χ3v) is 4.46. The normalized spacial score (nSPS) is 23.5. The van der Waals surface area contributed by atoms with E-state index >= 15 is 0 Å². The molecule has 17 heavy (non-hydrogen) atoms. The zero-order chi connectivity index (χ0) is 12.1. The Bertz CT molecular complexity index is 325. The molecule has 0 saturated carbocycles. The first-order valence-electron chi connectivity index (χ1n) is 6.63. The van der Waals surface area contributed by atoms with Gasteiger partial charge in [0, 0.05) is 24.3 Å². The lowest BCUT2D eigenvalue weighted by Gasteiger charge is -2.33. The van der Waals surface area contributed by atoms with E-state index in [4.69, 9.17) is 0 Å². The van der Waals surface area contributed by atoms with Crippen molar-refractivity contribution in [1.82, 2.24) is 4.90 Å². The third kappa shape index (κ3) is 3.82. The van der Waals surface area contributed by atoms with Gasteiger partial charge in [0.1, 0.15) is 0 Å². The molecule has 0 aromatic heterocycles. The van der Waals surface area contributed by atoms with Gasteiger partial charge in [-0.15, -0.1) is 0 Å². The first-order valence-corrected chi connectivity index (χ1v) is 7.75. The number of rotatable bonds is 4. The summed E-state index contributed by atoms with van der Waals surface area (Å²) in [6, 6.07) is 10.9. The van der Waals surface area contributed by atoms with Gasteiger partial charge in [-0.2, -0.15) is 0 Å². The van der Waals surface area contributed by atoms with E-state index in [2.05, 4.69) is 58.1 Å². The molecule has 0 radical (unpaired) electrons. The van der Waals surface area contributed by atoms with Gasteiger partial charge in [-0.05, 0) is 30.9 Å². The van der Waals surface area contributed by atoms with Crippen molar-refractivity contribution in [2.24, 2.45) is 5.92 Å². The molecule has 0 aliphatic carbocycles. The van der Waals surface area contributed by atoms with Gasteiger partial charge in [0.15, 0.2) is 0 Å². The van der Waals surface area contributed by atoms with Crippen LogP contribution < -0.4 is 0 Å². The van der Waals surface area contributed by atoms with E-state index < -0.39 is 0 Å². The topological polar surface area (TPSA) is 3.24 Å². The van der Waals surface area contributed by atoms with Gasteiger partial charge in [-0.1, -0.05) is 53.2 Å². The van der Waals surface area contributed by atoms with Crippen molar-refractivity contribution in [1.29, 1.82) is 0 Å². The fourth-order valence-corrected chi connectivity index (χ4v) is 3.31. The van der Waals surface area contributed by atoms with Crippen LogP contribution in [0, 0.1) is 5.92 Å². The van der Waals surface area contributed by atoms with E-state index in [-0.39, 0.29) is 0 Å². The maximum absolute atomic E-state index is 3.67. The number of halogens is 1. The van der Waals surface area contributed by atoms with Crippen LogP contribution in [0.25, 0.3) is 0 Å². The molecule has 0 N–H and O–H groups in total. The van der Waals surface area contributed by atoms with Crippen LogP contribution in [0.5, 0.6) is 0 Å². The molecule has 1 aliphatic heterocycles. The Morgan fingerprint density at radius 2 is 2.12 bits per heavy atom. The lowest BCUT2D eigenvalue weighted by molar-refractivity contribution is 0.177. The summed E-state index contributed by atoms with van der Waals surface area (Å²) >= 11 is 3.67. The molecule has 0 spiro atoms. The van der Waals surface area contributed by atoms with E-state index in [0.717, 1.165) is 11.2 Å². The Hall–Kier alpha value is -0.340. The lowest BCUT2D eigenvalue weighted by atomic mass is 9.96. The minimum atomic E-state index is 0.626. The van der Waals surface area contributed by atoms with Crippen molar-refractivity contribution in [3.05, 3.63) is 35.9 Å². The standard InChI is InChI=1S/C15H22BrN/c1-13-6-5-9-17(11-13)12-15(10-16)14-7-3-2-4-8-14/h2-4,7-8,13,15H,5-6,9-12H2,1H3. The van der Waals surface area contributed by atoms with Gasteiger partial charge >= 0.3 is 0 Å². The second-order valence-corrected chi connectivity index (χ2v) is 5.92. The van der Waals surface area contributed by atoms with Crippen LogP contribution in [0.1, 0.15) is 31.2 Å². The first kappa shape index (κ1) is 13.1. The fraction of sp³-hybridized carbons (Fsp3) is 0.600. The van der Waals surface area contributed by atoms with Crippen LogP contribution in [0.15, 0.2) is 30.3 Å². The molecule has 1 heterocycles. The molecular weight excluding hydrogens is 274 g/mol. The molecule has 2 atom stereocenters. The SMILES string of the molecule is CC1CCCN(CC(CBr)c2ccccc2)C1. The number of benzene rings is 1. The van der Waals surface area contributed by atoms with Crippen LogP contribution >= 0.6 is 15.9 Å².